The Labute approximate surface area is 811 Å². The third-order valence-electron chi connectivity index (χ3n) is 23.5. The van der Waals surface area contributed by atoms with Crippen molar-refractivity contribution in [2.24, 2.45) is 0 Å². The topological polar surface area (TPSA) is 1080 Å². The first-order chi connectivity index (χ1) is 69.4. The first-order valence-corrected chi connectivity index (χ1v) is 51.3. The lowest BCUT2D eigenvalue weighted by atomic mass is 10.1. The van der Waals surface area contributed by atoms with Crippen LogP contribution in [0.2, 0.25) is 0 Å². The highest BCUT2D eigenvalue weighted by Crippen LogP contribution is 2.58. The van der Waals surface area contributed by atoms with Gasteiger partial charge in [-0.25, -0.2) is 81.6 Å². The van der Waals surface area contributed by atoms with Crippen LogP contribution >= 0.6 is 46.9 Å². The molecule has 798 valence electrons. The van der Waals surface area contributed by atoms with E-state index in [1.54, 1.807) is 0 Å². The molecular formula is C67H85N29O45P6. The van der Waals surface area contributed by atoms with E-state index in [1.807, 2.05) is 0 Å². The van der Waals surface area contributed by atoms with E-state index in [0.717, 1.165) is 93.0 Å². The average molecular weight is 2200 g/mol. The van der Waals surface area contributed by atoms with Crippen LogP contribution in [0.3, 0.4) is 0 Å². The van der Waals surface area contributed by atoms with Gasteiger partial charge < -0.3 is 149 Å². The van der Waals surface area contributed by atoms with Gasteiger partial charge in [-0.05, 0) is 18.2 Å². The summed E-state index contributed by atoms with van der Waals surface area (Å²) in [5, 5.41) is 104. The highest BCUT2D eigenvalue weighted by Gasteiger charge is 2.60. The fraction of sp³-hybridized carbons (Fsp3) is 0.522. The van der Waals surface area contributed by atoms with Crippen LogP contribution in [0.1, 0.15) is 43.6 Å². The second-order valence-electron chi connectivity index (χ2n) is 32.9. The summed E-state index contributed by atoms with van der Waals surface area (Å²) >= 11 is 0. The highest BCUT2D eigenvalue weighted by atomic mass is 31.2. The number of rotatable bonds is 38. The Bertz CT molecular complexity index is 7430. The van der Waals surface area contributed by atoms with E-state index >= 15 is 0 Å². The molecule has 147 heavy (non-hydrogen) atoms. The number of ether oxygens (including phenoxy) is 7. The Morgan fingerprint density at radius 3 is 0.816 bits per heavy atom. The average Bonchev–Trinajstić information content (AvgIpc) is 1.62. The van der Waals surface area contributed by atoms with Crippen LogP contribution in [0.25, 0.3) is 44.7 Å². The molecule has 7 saturated heterocycles. The maximum atomic E-state index is 14.7. The number of hydrogen-bond donors (Lipinski definition) is 24. The number of fused-ring (bicyclic) bond motifs is 4. The van der Waals surface area contributed by atoms with Crippen molar-refractivity contribution in [3.8, 4) is 0 Å². The van der Waals surface area contributed by atoms with Gasteiger partial charge in [0.2, 0.25) is 11.9 Å². The fourth-order valence-electron chi connectivity index (χ4n) is 16.7. The van der Waals surface area contributed by atoms with Gasteiger partial charge in [0.05, 0.1) is 71.6 Å². The number of hydrogen-bond acceptors (Lipinski definition) is 59. The van der Waals surface area contributed by atoms with E-state index in [9.17, 15) is 127 Å². The van der Waals surface area contributed by atoms with Crippen LogP contribution in [0.15, 0.2) is 98.7 Å². The SMILES string of the molecule is Nc1ccn([C@@H]2O[C@H](COP(=O)(O)O[C@H]3[C@@H](O)[C@H](n4ccc(N)nc4=O)O[C@@H]3COP(=O)(O)O[C@H]3[C@@H](O)[C@H](n4cnc5c(=O)[nH]c(N)nc54)O[C@@H]3CO)[C@@H](OP(=O)(O)OC[C@H]3O[C@@H](n4cnc5c(N)ncnc54)[C@H](O)[C@@H]3OP(=O)(O)OC[C@H]3O[C@@H](n4cnc5c(=O)[nH]c(N)nc54)[C@H](O)[C@@H]3OP(=O)(O)OC[C@H]3O[C@@H](n4ccc(N)nc4=O)[C@H](O)[C@@H]3OP(=O)(O)OC[C@H]3O[C@@H](n4cnc5c(N)ncnc54)[C@H](O)[C@@H]3O)[C@H]2O)c(=O)n1. The van der Waals surface area contributed by atoms with Crippen molar-refractivity contribution in [1.29, 1.82) is 0 Å². The number of nitrogens with two attached hydrogens (primary N) is 7. The van der Waals surface area contributed by atoms with Gasteiger partial charge in [-0.3, -0.25) is 106 Å². The van der Waals surface area contributed by atoms with Crippen LogP contribution in [-0.2, 0) is 115 Å². The number of phosphoric acid groups is 6. The van der Waals surface area contributed by atoms with E-state index in [0.29, 0.717) is 13.7 Å². The number of aliphatic hydroxyl groups excluding tert-OH is 9. The lowest BCUT2D eigenvalue weighted by Gasteiger charge is -2.27. The number of phosphoric ester groups is 6. The number of aromatic nitrogens is 22. The third kappa shape index (κ3) is 21.7. The molecule has 18 heterocycles. The summed E-state index contributed by atoms with van der Waals surface area (Å²) in [6.45, 7) is -9.35. The number of nitrogens with one attached hydrogen (secondary N) is 2. The molecule has 0 radical (unpaired) electrons. The Hall–Kier alpha value is -10.9. The minimum Gasteiger partial charge on any atom is -0.394 e. The summed E-state index contributed by atoms with van der Waals surface area (Å²) in [5.41, 5.74) is 33.3. The number of nitrogen functional groups attached to an aromatic ring is 7. The Morgan fingerprint density at radius 2 is 0.537 bits per heavy atom. The van der Waals surface area contributed by atoms with Gasteiger partial charge in [0, 0.05) is 18.6 Å². The molecule has 0 aliphatic carbocycles. The summed E-state index contributed by atoms with van der Waals surface area (Å²) in [7, 11) is -35.6. The van der Waals surface area contributed by atoms with Gasteiger partial charge in [-0.2, -0.15) is 24.9 Å². The zero-order valence-corrected chi connectivity index (χ0v) is 79.0. The van der Waals surface area contributed by atoms with Gasteiger partial charge in [-0.15, -0.1) is 0 Å². The molecule has 0 spiro atoms. The van der Waals surface area contributed by atoms with Gasteiger partial charge in [0.25, 0.3) is 11.1 Å². The molecule has 34 atom stereocenters. The molecular weight excluding hydrogens is 2120 g/mol. The molecule has 0 bridgehead atoms. The standard InChI is InChI=1S/C67H85N29O45P6/c68-27-1-4-90(65(108)83-27)57-37(101)43(137-142(111,112)123-8-21-34(98)35(99)56(130-21)93-16-79-30-48(71)75-14-77-50(30)93)23(132-57)10-126-146(119,120)141-47-26(135-62(41(47)105)96-19-82-33-53(96)87-64(74)89-55(33)107)13-128-147(121,122)140-46-25(134-60(40(46)104)94-17-80-31-49(72)76-15-78-51(31)94)12-127-145(117,118)139-45-24(133-59(39(45)103)92-6-3-29(70)85-67(92)110)11-125-144(115,116)138-44-22(131-58(38(44)102)91-5-2-28(69)84-66(91)109)9-124-143(113,114)136-42-20(7-97)129-61(36(42)100)95-18-81-32-52(95)86-63(73)88-54(32)106/h1-6,14-26,34-47,56-62,97-105H,7-13H2,(H,111,112)(H,113,114)(H,115,116)(H,117,118)(H,119,120)(H,121,122)(H2,68,83,108)(H2,69,84,109)(H2,70,85,110)(H2,71,75,77)(H2,72,76,78)(H3,73,86,88,106)(H3,74,87,89,107)/t20-,21-,22-,23-,24-,25-,26-,34-,35-,36-,37-,38-,39-,40-,41-,42-,43-,44-,45-,46-,47-,56-,57-,58-,59-,60-,61-,62-/m1/s1. The van der Waals surface area contributed by atoms with Crippen molar-refractivity contribution in [3.63, 3.8) is 0 Å². The summed E-state index contributed by atoms with van der Waals surface area (Å²) in [4.78, 5) is 190. The molecule has 11 aromatic rings. The highest BCUT2D eigenvalue weighted by molar-refractivity contribution is 7.48. The van der Waals surface area contributed by atoms with Crippen molar-refractivity contribution in [2.75, 3.05) is 86.4 Å². The maximum absolute atomic E-state index is 14.7. The van der Waals surface area contributed by atoms with Crippen molar-refractivity contribution < 1.29 is 190 Å². The van der Waals surface area contributed by atoms with Gasteiger partial charge in [0.15, 0.2) is 88.9 Å². The summed E-state index contributed by atoms with van der Waals surface area (Å²) < 4.78 is 197. The van der Waals surface area contributed by atoms with Crippen LogP contribution in [0, 0.1) is 0 Å². The largest absolute Gasteiger partial charge is 0.472 e. The van der Waals surface area contributed by atoms with E-state index in [4.69, 9.17) is 128 Å². The number of imidazole rings is 4. The molecule has 31 N–H and O–H groups in total. The lowest BCUT2D eigenvalue weighted by molar-refractivity contribution is -0.0661. The Balaban J connectivity index is 0.572. The molecule has 0 amide bonds. The van der Waals surface area contributed by atoms with Gasteiger partial charge in [-0.1, -0.05) is 0 Å². The van der Waals surface area contributed by atoms with E-state index in [1.165, 1.54) is 0 Å². The van der Waals surface area contributed by atoms with Crippen molar-refractivity contribution in [2.45, 2.75) is 172 Å². The molecule has 0 saturated carbocycles. The van der Waals surface area contributed by atoms with E-state index in [-0.39, 0.29) is 56.8 Å². The third-order valence-corrected chi connectivity index (χ3v) is 29.4. The number of nitrogens with zero attached hydrogens (tertiary/aromatic N) is 20. The number of anilines is 7. The number of aliphatic hydroxyl groups is 9. The molecule has 18 rings (SSSR count). The zero-order chi connectivity index (χ0) is 105. The minimum atomic E-state index is -6.09. The van der Waals surface area contributed by atoms with Crippen molar-refractivity contribution >= 4 is 133 Å². The molecule has 11 aromatic heterocycles. The van der Waals surface area contributed by atoms with Crippen LogP contribution in [0.5, 0.6) is 0 Å². The first kappa shape index (κ1) is 106. The van der Waals surface area contributed by atoms with Crippen molar-refractivity contribution in [1.82, 2.24) is 107 Å². The quantitative estimate of drug-likeness (QED) is 0.0160. The Kier molecular flexibility index (Phi) is 29.6. The second-order valence-corrected chi connectivity index (χ2v) is 41.3. The summed E-state index contributed by atoms with van der Waals surface area (Å²) in [5.74, 6) is -2.43. The predicted molar refractivity (Wildman–Crippen MR) is 470 cm³/mol. The molecule has 7 aliphatic rings. The predicted octanol–water partition coefficient (Wildman–Crippen LogP) is -10.0. The van der Waals surface area contributed by atoms with Crippen LogP contribution in [-0.4, -0.2) is 356 Å². The summed E-state index contributed by atoms with van der Waals surface area (Å²) in [6.07, 6.45) is -50.6. The second kappa shape index (κ2) is 41.1. The number of aromatic amines is 2. The molecule has 80 heteroatoms. The summed E-state index contributed by atoms with van der Waals surface area (Å²) in [6, 6.07) is 3.07. The smallest absolute Gasteiger partial charge is 0.394 e. The van der Waals surface area contributed by atoms with Crippen LogP contribution in [0.4, 0.5) is 41.0 Å². The first-order valence-electron chi connectivity index (χ1n) is 42.3. The monoisotopic (exact) mass is 2200 g/mol. The van der Waals surface area contributed by atoms with Gasteiger partial charge in [0.1, 0.15) is 169 Å². The van der Waals surface area contributed by atoms with Gasteiger partial charge >= 0.3 is 64.0 Å². The normalized spacial score (nSPS) is 32.5. The molecule has 6 unspecified atom stereocenters. The molecule has 7 aliphatic heterocycles. The maximum Gasteiger partial charge on any atom is 0.472 e. The lowest BCUT2D eigenvalue weighted by Crippen LogP contribution is -2.39. The molecule has 7 fully saturated rings. The van der Waals surface area contributed by atoms with E-state index < -0.39 is 322 Å². The van der Waals surface area contributed by atoms with E-state index in [2.05, 4.69) is 74.8 Å². The molecule has 0 aromatic carbocycles. The fourth-order valence-corrected chi connectivity index (χ4v) is 22.5. The number of H-pyrrole nitrogens is 2. The van der Waals surface area contributed by atoms with Crippen LogP contribution < -0.4 is 68.3 Å². The Morgan fingerprint density at radius 1 is 0.299 bits per heavy atom. The van der Waals surface area contributed by atoms with Crippen molar-refractivity contribution in [3.05, 3.63) is 127 Å². The zero-order valence-electron chi connectivity index (χ0n) is 73.7. The molecule has 74 nitrogen and oxygen atoms in total. The minimum absolute atomic E-state index is 0.0266.